The van der Waals surface area contributed by atoms with Crippen LogP contribution in [-0.4, -0.2) is 51.4 Å². The van der Waals surface area contributed by atoms with Crippen molar-refractivity contribution in [3.05, 3.63) is 88.4 Å². The molecule has 3 rings (SSSR count). The molecule has 0 saturated carbocycles. The Hall–Kier alpha value is -3.27. The van der Waals surface area contributed by atoms with Gasteiger partial charge < -0.3 is 15.0 Å². The predicted molar refractivity (Wildman–Crippen MR) is 163 cm³/mol. The average Bonchev–Trinajstić information content (AvgIpc) is 2.97. The monoisotopic (exact) mass is 619 g/mol. The molecule has 0 bridgehead atoms. The van der Waals surface area contributed by atoms with Gasteiger partial charge in [-0.15, -0.1) is 0 Å². The van der Waals surface area contributed by atoms with E-state index in [0.717, 1.165) is 22.7 Å². The van der Waals surface area contributed by atoms with Crippen LogP contribution in [-0.2, 0) is 26.2 Å². The van der Waals surface area contributed by atoms with Crippen molar-refractivity contribution in [1.82, 2.24) is 10.2 Å². The molecule has 2 amide bonds. The lowest BCUT2D eigenvalue weighted by molar-refractivity contribution is -0.140. The van der Waals surface area contributed by atoms with Crippen molar-refractivity contribution in [2.45, 2.75) is 50.6 Å². The number of methoxy groups -OCH3 is 1. The molecule has 0 aromatic heterocycles. The van der Waals surface area contributed by atoms with Crippen LogP contribution >= 0.6 is 23.2 Å². The number of sulfonamides is 1. The Labute approximate surface area is 252 Å². The normalized spacial score (nSPS) is 11.9. The van der Waals surface area contributed by atoms with E-state index in [4.69, 9.17) is 27.9 Å². The molecule has 11 heteroatoms. The first-order chi connectivity index (χ1) is 19.6. The van der Waals surface area contributed by atoms with E-state index in [9.17, 15) is 18.0 Å². The summed E-state index contributed by atoms with van der Waals surface area (Å²) < 4.78 is 34.4. The summed E-state index contributed by atoms with van der Waals surface area (Å²) in [6.45, 7) is 3.78. The molecule has 0 heterocycles. The van der Waals surface area contributed by atoms with Crippen molar-refractivity contribution >= 4 is 50.7 Å². The first kappa shape index (κ1) is 32.2. The molecule has 220 valence electrons. The molecular formula is C30H35Cl2N3O5S. The van der Waals surface area contributed by atoms with Crippen LogP contribution in [0.5, 0.6) is 5.75 Å². The van der Waals surface area contributed by atoms with Gasteiger partial charge in [0.05, 0.1) is 17.7 Å². The van der Waals surface area contributed by atoms with Crippen LogP contribution < -0.4 is 14.4 Å². The molecule has 0 spiro atoms. The number of hydrogen-bond donors (Lipinski definition) is 1. The van der Waals surface area contributed by atoms with Crippen LogP contribution in [0.4, 0.5) is 5.69 Å². The average molecular weight is 621 g/mol. The summed E-state index contributed by atoms with van der Waals surface area (Å²) in [7, 11) is -2.85. The molecule has 0 saturated heterocycles. The van der Waals surface area contributed by atoms with E-state index in [2.05, 4.69) is 5.32 Å². The minimum absolute atomic E-state index is 0.0107. The molecule has 0 aliphatic heterocycles. The fraction of sp³-hybridized carbons (Fsp3) is 0.333. The van der Waals surface area contributed by atoms with E-state index in [1.54, 1.807) is 48.5 Å². The Morgan fingerprint density at radius 1 is 0.951 bits per heavy atom. The smallest absolute Gasteiger partial charge is 0.264 e. The van der Waals surface area contributed by atoms with Crippen molar-refractivity contribution in [2.24, 2.45) is 0 Å². The lowest BCUT2D eigenvalue weighted by Crippen LogP contribution is -2.52. The number of carbonyl (C=O) groups excluding carboxylic acids is 2. The summed E-state index contributed by atoms with van der Waals surface area (Å²) in [5.41, 5.74) is 0.837. The van der Waals surface area contributed by atoms with Crippen LogP contribution in [0.2, 0.25) is 10.0 Å². The molecule has 0 aliphatic rings. The number of unbranched alkanes of at least 4 members (excludes halogenated alkanes) is 1. The van der Waals surface area contributed by atoms with Gasteiger partial charge in [-0.05, 0) is 60.9 Å². The van der Waals surface area contributed by atoms with E-state index in [1.165, 1.54) is 36.3 Å². The molecule has 0 aliphatic carbocycles. The largest absolute Gasteiger partial charge is 0.495 e. The minimum atomic E-state index is -4.25. The Morgan fingerprint density at radius 2 is 1.61 bits per heavy atom. The molecule has 0 fully saturated rings. The first-order valence-electron chi connectivity index (χ1n) is 13.3. The number of ether oxygens (including phenoxy) is 1. The van der Waals surface area contributed by atoms with Crippen molar-refractivity contribution in [3.8, 4) is 5.75 Å². The zero-order chi connectivity index (χ0) is 30.0. The number of amides is 2. The van der Waals surface area contributed by atoms with Gasteiger partial charge in [0, 0.05) is 23.1 Å². The summed E-state index contributed by atoms with van der Waals surface area (Å²) in [6.07, 6.45) is 2.02. The van der Waals surface area contributed by atoms with Gasteiger partial charge in [-0.25, -0.2) is 8.42 Å². The predicted octanol–water partition coefficient (Wildman–Crippen LogP) is 5.92. The van der Waals surface area contributed by atoms with Crippen LogP contribution in [0.3, 0.4) is 0 Å². The summed E-state index contributed by atoms with van der Waals surface area (Å²) in [5, 5.41) is 3.71. The number of anilines is 1. The third-order valence-electron chi connectivity index (χ3n) is 6.50. The number of rotatable bonds is 14. The molecule has 41 heavy (non-hydrogen) atoms. The maximum atomic E-state index is 14.1. The van der Waals surface area contributed by atoms with Crippen molar-refractivity contribution in [2.75, 3.05) is 24.5 Å². The van der Waals surface area contributed by atoms with Gasteiger partial charge in [0.15, 0.2) is 0 Å². The molecular weight excluding hydrogens is 585 g/mol. The van der Waals surface area contributed by atoms with E-state index in [0.29, 0.717) is 18.0 Å². The Bertz CT molecular complexity index is 1420. The maximum absolute atomic E-state index is 14.1. The second kappa shape index (κ2) is 15.1. The standard InChI is InChI=1S/C30H35Cl2N3O5S/c1-4-6-18-33-30(37)26(5-2)34(20-22-12-14-23(31)15-13-22)29(36)21-35(27-19-24(32)16-17-28(27)40-3)41(38,39)25-10-8-7-9-11-25/h7-17,19,26H,4-6,18,20-21H2,1-3H3,(H,33,37)/t26-/m1/s1. The third kappa shape index (κ3) is 8.38. The highest BCUT2D eigenvalue weighted by Crippen LogP contribution is 2.35. The Balaban J connectivity index is 2.08. The minimum Gasteiger partial charge on any atom is -0.495 e. The lowest BCUT2D eigenvalue weighted by Gasteiger charge is -2.33. The van der Waals surface area contributed by atoms with Gasteiger partial charge in [0.2, 0.25) is 11.8 Å². The quantitative estimate of drug-likeness (QED) is 0.226. The topological polar surface area (TPSA) is 96.0 Å². The van der Waals surface area contributed by atoms with Gasteiger partial charge in [0.25, 0.3) is 10.0 Å². The van der Waals surface area contributed by atoms with Gasteiger partial charge in [-0.1, -0.05) is 73.8 Å². The number of hydrogen-bond acceptors (Lipinski definition) is 5. The molecule has 3 aromatic carbocycles. The number of benzene rings is 3. The Morgan fingerprint density at radius 3 is 2.22 bits per heavy atom. The van der Waals surface area contributed by atoms with E-state index in [-0.39, 0.29) is 33.8 Å². The summed E-state index contributed by atoms with van der Waals surface area (Å²) >= 11 is 12.3. The summed E-state index contributed by atoms with van der Waals surface area (Å²) in [4.78, 5) is 28.8. The molecule has 8 nitrogen and oxygen atoms in total. The van der Waals surface area contributed by atoms with Crippen LogP contribution in [0.15, 0.2) is 77.7 Å². The van der Waals surface area contributed by atoms with Crippen LogP contribution in [0.25, 0.3) is 0 Å². The molecule has 1 atom stereocenters. The molecule has 0 unspecified atom stereocenters. The van der Waals surface area contributed by atoms with E-state index >= 15 is 0 Å². The highest BCUT2D eigenvalue weighted by Gasteiger charge is 2.34. The van der Waals surface area contributed by atoms with E-state index < -0.39 is 28.5 Å². The Kier molecular flexibility index (Phi) is 11.9. The van der Waals surface area contributed by atoms with Gasteiger partial charge in [0.1, 0.15) is 18.3 Å². The zero-order valence-corrected chi connectivity index (χ0v) is 25.7. The maximum Gasteiger partial charge on any atom is 0.264 e. The van der Waals surface area contributed by atoms with Gasteiger partial charge in [-0.3, -0.25) is 13.9 Å². The van der Waals surface area contributed by atoms with Gasteiger partial charge >= 0.3 is 0 Å². The molecule has 3 aromatic rings. The highest BCUT2D eigenvalue weighted by atomic mass is 35.5. The zero-order valence-electron chi connectivity index (χ0n) is 23.3. The van der Waals surface area contributed by atoms with Crippen LogP contribution in [0, 0.1) is 0 Å². The lowest BCUT2D eigenvalue weighted by atomic mass is 10.1. The molecule has 1 N–H and O–H groups in total. The van der Waals surface area contributed by atoms with Crippen molar-refractivity contribution < 1.29 is 22.7 Å². The second-order valence-corrected chi connectivity index (χ2v) is 12.1. The summed E-state index contributed by atoms with van der Waals surface area (Å²) in [6, 6.07) is 18.4. The van der Waals surface area contributed by atoms with Crippen molar-refractivity contribution in [3.63, 3.8) is 0 Å². The highest BCUT2D eigenvalue weighted by molar-refractivity contribution is 7.92. The fourth-order valence-corrected chi connectivity index (χ4v) is 6.03. The molecule has 0 radical (unpaired) electrons. The number of halogens is 2. The van der Waals surface area contributed by atoms with E-state index in [1.807, 2.05) is 13.8 Å². The van der Waals surface area contributed by atoms with Crippen molar-refractivity contribution in [1.29, 1.82) is 0 Å². The SMILES string of the molecule is CCCCNC(=O)[C@@H](CC)N(Cc1ccc(Cl)cc1)C(=O)CN(c1cc(Cl)ccc1OC)S(=O)(=O)c1ccccc1. The van der Waals surface area contributed by atoms with Crippen LogP contribution in [0.1, 0.15) is 38.7 Å². The number of nitrogens with zero attached hydrogens (tertiary/aromatic N) is 2. The summed E-state index contributed by atoms with van der Waals surface area (Å²) in [5.74, 6) is -0.657. The number of nitrogens with one attached hydrogen (secondary N) is 1. The third-order valence-corrected chi connectivity index (χ3v) is 8.76. The van der Waals surface area contributed by atoms with Gasteiger partial charge in [-0.2, -0.15) is 0 Å². The first-order valence-corrected chi connectivity index (χ1v) is 15.5. The number of carbonyl (C=O) groups is 2. The fourth-order valence-electron chi connectivity index (χ4n) is 4.30. The second-order valence-electron chi connectivity index (χ2n) is 9.36.